The molecule has 0 aliphatic carbocycles. The highest BCUT2D eigenvalue weighted by Crippen LogP contribution is 2.23. The molecule has 3 N–H and O–H groups in total. The van der Waals surface area contributed by atoms with Gasteiger partial charge in [-0.3, -0.25) is 14.7 Å². The average Bonchev–Trinajstić information content (AvgIpc) is 2.84. The van der Waals surface area contributed by atoms with E-state index in [-0.39, 0.29) is 17.2 Å². The second-order valence-electron chi connectivity index (χ2n) is 6.24. The summed E-state index contributed by atoms with van der Waals surface area (Å²) in [6, 6.07) is 5.83. The van der Waals surface area contributed by atoms with Crippen molar-refractivity contribution in [3.05, 3.63) is 34.1 Å². The number of nitrogens with zero attached hydrogens (tertiary/aromatic N) is 2. The predicted octanol–water partition coefficient (Wildman–Crippen LogP) is 1.47. The van der Waals surface area contributed by atoms with E-state index in [1.54, 1.807) is 16.8 Å². The summed E-state index contributed by atoms with van der Waals surface area (Å²) in [6.45, 7) is 6.34. The first-order valence-electron chi connectivity index (χ1n) is 7.76. The summed E-state index contributed by atoms with van der Waals surface area (Å²) in [5.41, 5.74) is 6.20. The number of benzene rings is 1. The number of nitrogens with one attached hydrogen (secondary N) is 1. The zero-order valence-electron chi connectivity index (χ0n) is 13.0. The predicted molar refractivity (Wildman–Crippen MR) is 86.1 cm³/mol. The highest BCUT2D eigenvalue weighted by Gasteiger charge is 2.25. The van der Waals surface area contributed by atoms with Crippen LogP contribution in [0.15, 0.2) is 23.0 Å². The molecule has 2 aromatic rings. The number of fused-ring (bicyclic) bond motifs is 1. The summed E-state index contributed by atoms with van der Waals surface area (Å²) in [5.74, 6) is -0.566. The first-order valence-corrected chi connectivity index (χ1v) is 7.76. The molecule has 0 spiro atoms. The van der Waals surface area contributed by atoms with Gasteiger partial charge in [-0.2, -0.15) is 0 Å². The van der Waals surface area contributed by atoms with Gasteiger partial charge in [0.15, 0.2) is 0 Å². The standard InChI is InChI=1S/C16H22N4O2/c1-10(2)19-8-6-11(7-9-19)20-16(22)14-12(15(17)21)4-3-5-13(14)18-20/h3-5,10-11,18H,6-9H2,1-2H3,(H2,17,21). The molecule has 0 saturated carbocycles. The van der Waals surface area contributed by atoms with Crippen molar-refractivity contribution in [2.45, 2.75) is 38.8 Å². The molecule has 6 nitrogen and oxygen atoms in total. The van der Waals surface area contributed by atoms with Crippen LogP contribution in [0.1, 0.15) is 43.1 Å². The average molecular weight is 302 g/mol. The van der Waals surface area contributed by atoms with E-state index in [0.29, 0.717) is 16.9 Å². The van der Waals surface area contributed by atoms with Crippen molar-refractivity contribution in [1.29, 1.82) is 0 Å². The molecular weight excluding hydrogens is 280 g/mol. The SMILES string of the molecule is CC(C)N1CCC(n2[nH]c3cccc(C(N)=O)c3c2=O)CC1. The molecule has 0 unspecified atom stereocenters. The molecule has 3 rings (SSSR count). The van der Waals surface area contributed by atoms with Gasteiger partial charge >= 0.3 is 0 Å². The first-order chi connectivity index (χ1) is 10.5. The minimum atomic E-state index is -0.566. The summed E-state index contributed by atoms with van der Waals surface area (Å²) >= 11 is 0. The molecule has 1 aromatic heterocycles. The Balaban J connectivity index is 1.96. The highest BCUT2D eigenvalue weighted by molar-refractivity contribution is 6.05. The van der Waals surface area contributed by atoms with E-state index in [9.17, 15) is 9.59 Å². The van der Waals surface area contributed by atoms with Gasteiger partial charge in [-0.1, -0.05) is 6.07 Å². The van der Waals surface area contributed by atoms with E-state index < -0.39 is 5.91 Å². The quantitative estimate of drug-likeness (QED) is 0.900. The van der Waals surface area contributed by atoms with Crippen molar-refractivity contribution >= 4 is 16.8 Å². The molecule has 0 radical (unpaired) electrons. The summed E-state index contributed by atoms with van der Waals surface area (Å²) in [6.07, 6.45) is 1.85. The second kappa shape index (κ2) is 5.61. The number of rotatable bonds is 3. The summed E-state index contributed by atoms with van der Waals surface area (Å²) < 4.78 is 1.68. The Hall–Kier alpha value is -2.08. The highest BCUT2D eigenvalue weighted by atomic mass is 16.1. The van der Waals surface area contributed by atoms with Crippen LogP contribution >= 0.6 is 0 Å². The number of aromatic nitrogens is 2. The molecule has 1 fully saturated rings. The molecule has 0 bridgehead atoms. The van der Waals surface area contributed by atoms with Gasteiger partial charge in [0.1, 0.15) is 0 Å². The smallest absolute Gasteiger partial charge is 0.275 e. The molecule has 1 aliphatic rings. The van der Waals surface area contributed by atoms with Crippen LogP contribution in [0.3, 0.4) is 0 Å². The molecule has 0 atom stereocenters. The molecule has 1 aromatic carbocycles. The second-order valence-corrected chi connectivity index (χ2v) is 6.24. The number of amides is 1. The molecule has 6 heteroatoms. The number of nitrogens with two attached hydrogens (primary N) is 1. The van der Waals surface area contributed by atoms with E-state index in [2.05, 4.69) is 23.8 Å². The molecule has 2 heterocycles. The van der Waals surface area contributed by atoms with Gasteiger partial charge < -0.3 is 10.6 Å². The van der Waals surface area contributed by atoms with Crippen LogP contribution in [0, 0.1) is 0 Å². The number of carbonyl (C=O) groups excluding carboxylic acids is 1. The van der Waals surface area contributed by atoms with Crippen molar-refractivity contribution in [2.24, 2.45) is 5.73 Å². The molecular formula is C16H22N4O2. The van der Waals surface area contributed by atoms with E-state index in [1.165, 1.54) is 0 Å². The lowest BCUT2D eigenvalue weighted by atomic mass is 10.0. The molecule has 118 valence electrons. The third kappa shape index (κ3) is 2.43. The van der Waals surface area contributed by atoms with E-state index in [0.717, 1.165) is 25.9 Å². The Kier molecular flexibility index (Phi) is 3.78. The van der Waals surface area contributed by atoms with Gasteiger partial charge in [-0.25, -0.2) is 4.68 Å². The number of likely N-dealkylation sites (tertiary alicyclic amines) is 1. The monoisotopic (exact) mass is 302 g/mol. The zero-order valence-corrected chi connectivity index (χ0v) is 13.0. The van der Waals surface area contributed by atoms with Gasteiger partial charge in [0.2, 0.25) is 5.91 Å². The van der Waals surface area contributed by atoms with Crippen molar-refractivity contribution in [2.75, 3.05) is 13.1 Å². The summed E-state index contributed by atoms with van der Waals surface area (Å²) in [7, 11) is 0. The maximum absolute atomic E-state index is 12.7. The number of carbonyl (C=O) groups is 1. The Morgan fingerprint density at radius 2 is 2.00 bits per heavy atom. The lowest BCUT2D eigenvalue weighted by Gasteiger charge is -2.34. The first kappa shape index (κ1) is 14.8. The molecule has 22 heavy (non-hydrogen) atoms. The fourth-order valence-electron chi connectivity index (χ4n) is 3.30. The Bertz CT molecular complexity index is 751. The fourth-order valence-corrected chi connectivity index (χ4v) is 3.30. The topological polar surface area (TPSA) is 84.1 Å². The zero-order chi connectivity index (χ0) is 15.9. The third-order valence-electron chi connectivity index (χ3n) is 4.60. The van der Waals surface area contributed by atoms with Gasteiger partial charge in [0.25, 0.3) is 5.56 Å². The summed E-state index contributed by atoms with van der Waals surface area (Å²) in [4.78, 5) is 26.6. The van der Waals surface area contributed by atoms with Crippen LogP contribution in [-0.4, -0.2) is 39.7 Å². The van der Waals surface area contributed by atoms with Crippen LogP contribution in [-0.2, 0) is 0 Å². The maximum Gasteiger partial charge on any atom is 0.275 e. The minimum Gasteiger partial charge on any atom is -0.366 e. The minimum absolute atomic E-state index is 0.146. The number of aromatic amines is 1. The van der Waals surface area contributed by atoms with Gasteiger partial charge in [0, 0.05) is 19.1 Å². The van der Waals surface area contributed by atoms with E-state index in [1.807, 2.05) is 6.07 Å². The third-order valence-corrected chi connectivity index (χ3v) is 4.60. The number of hydrogen-bond acceptors (Lipinski definition) is 3. The Labute approximate surface area is 128 Å². The lowest BCUT2D eigenvalue weighted by molar-refractivity contribution is 0.100. The van der Waals surface area contributed by atoms with Crippen LogP contribution in [0.2, 0.25) is 0 Å². The van der Waals surface area contributed by atoms with Crippen LogP contribution < -0.4 is 11.3 Å². The van der Waals surface area contributed by atoms with Gasteiger partial charge in [0.05, 0.1) is 22.5 Å². The normalized spacial score (nSPS) is 17.4. The van der Waals surface area contributed by atoms with Crippen LogP contribution in [0.25, 0.3) is 10.9 Å². The largest absolute Gasteiger partial charge is 0.366 e. The Morgan fingerprint density at radius 3 is 2.59 bits per heavy atom. The lowest BCUT2D eigenvalue weighted by Crippen LogP contribution is -2.40. The number of H-pyrrole nitrogens is 1. The molecule has 1 aliphatic heterocycles. The van der Waals surface area contributed by atoms with Crippen molar-refractivity contribution < 1.29 is 4.79 Å². The van der Waals surface area contributed by atoms with Crippen molar-refractivity contribution in [3.8, 4) is 0 Å². The van der Waals surface area contributed by atoms with E-state index >= 15 is 0 Å². The number of hydrogen-bond donors (Lipinski definition) is 2. The van der Waals surface area contributed by atoms with Gasteiger partial charge in [-0.05, 0) is 38.8 Å². The summed E-state index contributed by atoms with van der Waals surface area (Å²) in [5, 5.41) is 3.55. The van der Waals surface area contributed by atoms with Gasteiger partial charge in [-0.15, -0.1) is 0 Å². The van der Waals surface area contributed by atoms with Crippen LogP contribution in [0.4, 0.5) is 0 Å². The van der Waals surface area contributed by atoms with E-state index in [4.69, 9.17) is 5.73 Å². The Morgan fingerprint density at radius 1 is 1.32 bits per heavy atom. The maximum atomic E-state index is 12.7. The molecule has 1 amide bonds. The fraction of sp³-hybridized carbons (Fsp3) is 0.500. The number of piperidine rings is 1. The van der Waals surface area contributed by atoms with Crippen LogP contribution in [0.5, 0.6) is 0 Å². The number of primary amides is 1. The van der Waals surface area contributed by atoms with Crippen molar-refractivity contribution in [3.63, 3.8) is 0 Å². The van der Waals surface area contributed by atoms with Crippen molar-refractivity contribution in [1.82, 2.24) is 14.7 Å². The molecule has 1 saturated heterocycles.